The number of aliphatic hydroxyl groups is 1. The first-order valence-electron chi connectivity index (χ1n) is 7.77. The molecule has 6 heteroatoms. The van der Waals surface area contributed by atoms with Crippen molar-refractivity contribution >= 4 is 46.0 Å². The van der Waals surface area contributed by atoms with Crippen molar-refractivity contribution in [3.63, 3.8) is 0 Å². The molecule has 23 heavy (non-hydrogen) atoms. The number of hydrogen-bond acceptors (Lipinski definition) is 5. The van der Waals surface area contributed by atoms with E-state index >= 15 is 0 Å². The Morgan fingerprint density at radius 1 is 1.39 bits per heavy atom. The minimum atomic E-state index is -0.695. The van der Waals surface area contributed by atoms with Crippen LogP contribution in [0.3, 0.4) is 0 Å². The zero-order valence-electron chi connectivity index (χ0n) is 13.6. The number of carbonyl (C=O) groups is 1. The molecular weight excluding hydrogens is 346 g/mol. The number of thioether (sulfide) groups is 2. The summed E-state index contributed by atoms with van der Waals surface area (Å²) in [4.78, 5) is 15.8. The molecule has 0 spiro atoms. The van der Waals surface area contributed by atoms with Crippen molar-refractivity contribution in [2.45, 2.75) is 37.8 Å². The first-order valence-corrected chi connectivity index (χ1v) is 10.2. The van der Waals surface area contributed by atoms with Crippen LogP contribution in [0.5, 0.6) is 0 Å². The lowest BCUT2D eigenvalue weighted by Crippen LogP contribution is -2.47. The number of carbonyl (C=O) groups excluding carboxylic acids is 1. The van der Waals surface area contributed by atoms with Crippen molar-refractivity contribution in [1.82, 2.24) is 4.90 Å². The van der Waals surface area contributed by atoms with Crippen molar-refractivity contribution in [2.75, 3.05) is 11.5 Å². The monoisotopic (exact) mass is 369 g/mol. The summed E-state index contributed by atoms with van der Waals surface area (Å²) < 4.78 is 0.643. The average molecular weight is 370 g/mol. The maximum Gasteiger partial charge on any atom is 0.234 e. The van der Waals surface area contributed by atoms with Gasteiger partial charge >= 0.3 is 0 Å². The van der Waals surface area contributed by atoms with E-state index < -0.39 is 12.0 Å². The highest BCUT2D eigenvalue weighted by Crippen LogP contribution is 2.32. The van der Waals surface area contributed by atoms with E-state index in [-0.39, 0.29) is 11.9 Å². The van der Waals surface area contributed by atoms with Crippen LogP contribution in [0, 0.1) is 11.8 Å². The van der Waals surface area contributed by atoms with Crippen LogP contribution in [-0.2, 0) is 4.79 Å². The summed E-state index contributed by atoms with van der Waals surface area (Å²) in [5.41, 5.74) is 0. The molecule has 2 rings (SSSR count). The van der Waals surface area contributed by atoms with E-state index in [1.54, 1.807) is 35.3 Å². The molecule has 1 amide bonds. The van der Waals surface area contributed by atoms with Crippen molar-refractivity contribution in [3.8, 4) is 0 Å². The lowest BCUT2D eigenvalue weighted by atomic mass is 10.00. The number of benzene rings is 1. The van der Waals surface area contributed by atoms with E-state index in [9.17, 15) is 9.90 Å². The van der Waals surface area contributed by atoms with Crippen LogP contribution in [-0.4, -0.2) is 43.9 Å². The summed E-state index contributed by atoms with van der Waals surface area (Å²) in [6.45, 7) is 5.90. The van der Waals surface area contributed by atoms with Gasteiger partial charge in [-0.1, -0.05) is 56.0 Å². The van der Waals surface area contributed by atoms with Crippen LogP contribution in [0.4, 0.5) is 0 Å². The third-order valence-electron chi connectivity index (χ3n) is 3.99. The van der Waals surface area contributed by atoms with Crippen molar-refractivity contribution in [3.05, 3.63) is 30.3 Å². The molecule has 1 aliphatic heterocycles. The predicted molar refractivity (Wildman–Crippen MR) is 103 cm³/mol. The molecule has 0 unspecified atom stereocenters. The van der Waals surface area contributed by atoms with Gasteiger partial charge in [0.25, 0.3) is 0 Å². The number of aliphatic hydroxyl groups excluding tert-OH is 1. The molecule has 0 radical (unpaired) electrons. The van der Waals surface area contributed by atoms with Crippen molar-refractivity contribution in [2.24, 2.45) is 11.8 Å². The third-order valence-corrected chi connectivity index (χ3v) is 6.62. The number of hydrogen-bond donors (Lipinski definition) is 1. The van der Waals surface area contributed by atoms with E-state index in [0.717, 1.165) is 10.6 Å². The highest BCUT2D eigenvalue weighted by Gasteiger charge is 2.39. The zero-order chi connectivity index (χ0) is 17.0. The Morgan fingerprint density at radius 2 is 2.04 bits per heavy atom. The summed E-state index contributed by atoms with van der Waals surface area (Å²) in [7, 11) is 0. The predicted octanol–water partition coefficient (Wildman–Crippen LogP) is 3.66. The Bertz CT molecular complexity index is 548. The maximum atomic E-state index is 13.0. The van der Waals surface area contributed by atoms with E-state index in [2.05, 4.69) is 13.8 Å². The lowest BCUT2D eigenvalue weighted by Gasteiger charge is -2.31. The standard InChI is InChI=1S/C17H23NO2S3/c1-11(2)15-10-23-17(21)18(15)16(20)14(12(3)19)9-22-13-7-5-4-6-8-13/h4-8,11-12,14-15,19H,9-10H2,1-3H3/t12-,14+,15+/m0/s1. The van der Waals surface area contributed by atoms with E-state index in [0.29, 0.717) is 16.0 Å². The Morgan fingerprint density at radius 3 is 2.61 bits per heavy atom. The minimum absolute atomic E-state index is 0.0443. The SMILES string of the molecule is CC(C)[C@H]1CSC(=S)N1C(=O)[C@H](CSc1ccccc1)[C@H](C)O. The van der Waals surface area contributed by atoms with Gasteiger partial charge in [0, 0.05) is 22.4 Å². The topological polar surface area (TPSA) is 40.5 Å². The highest BCUT2D eigenvalue weighted by molar-refractivity contribution is 8.23. The van der Waals surface area contributed by atoms with Crippen LogP contribution in [0.25, 0.3) is 0 Å². The molecule has 0 saturated carbocycles. The Labute approximate surface area is 152 Å². The molecule has 0 aromatic heterocycles. The maximum absolute atomic E-state index is 13.0. The summed E-state index contributed by atoms with van der Waals surface area (Å²) in [6, 6.07) is 10.1. The first-order chi connectivity index (χ1) is 10.9. The Hall–Kier alpha value is -0.560. The second-order valence-electron chi connectivity index (χ2n) is 6.07. The van der Waals surface area contributed by atoms with Crippen molar-refractivity contribution < 1.29 is 9.90 Å². The van der Waals surface area contributed by atoms with Crippen molar-refractivity contribution in [1.29, 1.82) is 0 Å². The summed E-state index contributed by atoms with van der Waals surface area (Å²) in [6.07, 6.45) is -0.695. The van der Waals surface area contributed by atoms with Crippen LogP contribution in [0.2, 0.25) is 0 Å². The van der Waals surface area contributed by atoms with Gasteiger partial charge in [0.2, 0.25) is 5.91 Å². The normalized spacial score (nSPS) is 20.8. The molecule has 1 N–H and O–H groups in total. The first kappa shape index (κ1) is 18.8. The molecule has 1 fully saturated rings. The molecule has 3 atom stereocenters. The summed E-state index contributed by atoms with van der Waals surface area (Å²) in [5, 5.41) is 10.1. The lowest BCUT2D eigenvalue weighted by molar-refractivity contribution is -0.135. The number of thiocarbonyl (C=S) groups is 1. The largest absolute Gasteiger partial charge is 0.393 e. The van der Waals surface area contributed by atoms with Gasteiger partial charge in [-0.25, -0.2) is 0 Å². The second-order valence-corrected chi connectivity index (χ2v) is 8.81. The fourth-order valence-corrected chi connectivity index (χ4v) is 5.26. The fourth-order valence-electron chi connectivity index (χ4n) is 2.48. The molecule has 1 heterocycles. The molecule has 0 aliphatic carbocycles. The van der Waals surface area contributed by atoms with Gasteiger partial charge in [0.1, 0.15) is 4.32 Å². The molecule has 0 bridgehead atoms. The van der Waals surface area contributed by atoms with E-state index in [1.165, 1.54) is 0 Å². The highest BCUT2D eigenvalue weighted by atomic mass is 32.2. The smallest absolute Gasteiger partial charge is 0.234 e. The average Bonchev–Trinajstić information content (AvgIpc) is 2.90. The molecule has 1 saturated heterocycles. The second kappa shape index (κ2) is 8.51. The van der Waals surface area contributed by atoms with Gasteiger partial charge in [-0.05, 0) is 25.0 Å². The molecule has 126 valence electrons. The molecule has 3 nitrogen and oxygen atoms in total. The van der Waals surface area contributed by atoms with Gasteiger partial charge in [-0.15, -0.1) is 11.8 Å². The van der Waals surface area contributed by atoms with Crippen LogP contribution in [0.15, 0.2) is 35.2 Å². The Balaban J connectivity index is 2.10. The molecule has 1 aromatic rings. The third kappa shape index (κ3) is 4.72. The number of rotatable bonds is 6. The van der Waals surface area contributed by atoms with Gasteiger partial charge < -0.3 is 5.11 Å². The zero-order valence-corrected chi connectivity index (χ0v) is 16.1. The number of amides is 1. The Kier molecular flexibility index (Phi) is 6.95. The van der Waals surface area contributed by atoms with Gasteiger partial charge in [0.05, 0.1) is 12.0 Å². The molecule has 1 aromatic carbocycles. The van der Waals surface area contributed by atoms with Gasteiger partial charge in [0.15, 0.2) is 0 Å². The van der Waals surface area contributed by atoms with Crippen LogP contribution in [0.1, 0.15) is 20.8 Å². The van der Waals surface area contributed by atoms with Gasteiger partial charge in [-0.2, -0.15) is 0 Å². The van der Waals surface area contributed by atoms with Gasteiger partial charge in [-0.3, -0.25) is 9.69 Å². The summed E-state index contributed by atoms with van der Waals surface area (Å²) >= 11 is 8.54. The number of nitrogens with zero attached hydrogens (tertiary/aromatic N) is 1. The van der Waals surface area contributed by atoms with E-state index in [4.69, 9.17) is 12.2 Å². The summed E-state index contributed by atoms with van der Waals surface area (Å²) in [5.74, 6) is 1.26. The van der Waals surface area contributed by atoms with E-state index in [1.807, 2.05) is 30.3 Å². The fraction of sp³-hybridized carbons (Fsp3) is 0.529. The minimum Gasteiger partial charge on any atom is -0.393 e. The molecular formula is C17H23NO2S3. The molecule has 1 aliphatic rings. The van der Waals surface area contributed by atoms with Crippen LogP contribution >= 0.6 is 35.7 Å². The quantitative estimate of drug-likeness (QED) is 0.612. The van der Waals surface area contributed by atoms with Crippen LogP contribution < -0.4 is 0 Å².